The number of carbonyl (C=O) groups excluding carboxylic acids is 1. The summed E-state index contributed by atoms with van der Waals surface area (Å²) < 4.78 is 1.57. The summed E-state index contributed by atoms with van der Waals surface area (Å²) in [5.74, 6) is 0.103. The molecule has 0 bridgehead atoms. The maximum atomic E-state index is 12.8. The molecule has 1 aliphatic rings. The van der Waals surface area contributed by atoms with Crippen molar-refractivity contribution >= 4 is 5.91 Å². The summed E-state index contributed by atoms with van der Waals surface area (Å²) >= 11 is 0. The lowest BCUT2D eigenvalue weighted by molar-refractivity contribution is -0.132. The lowest BCUT2D eigenvalue weighted by atomic mass is 10.1. The van der Waals surface area contributed by atoms with Gasteiger partial charge in [0.25, 0.3) is 5.56 Å². The highest BCUT2D eigenvalue weighted by atomic mass is 16.2. The zero-order chi connectivity index (χ0) is 17.9. The molecule has 1 aromatic heterocycles. The summed E-state index contributed by atoms with van der Waals surface area (Å²) in [7, 11) is 0. The first-order chi connectivity index (χ1) is 12.7. The number of aryl methyl sites for hydroxylation is 1. The van der Waals surface area contributed by atoms with E-state index in [1.165, 1.54) is 0 Å². The number of hydrogen-bond acceptors (Lipinski definition) is 2. The van der Waals surface area contributed by atoms with Gasteiger partial charge in [0.2, 0.25) is 5.91 Å². The molecule has 0 saturated carbocycles. The monoisotopic (exact) mass is 347 g/mol. The number of nitrogens with zero attached hydrogens (tertiary/aromatic N) is 2. The highest BCUT2D eigenvalue weighted by molar-refractivity contribution is 5.76. The predicted octanol–water partition coefficient (Wildman–Crippen LogP) is 2.68. The third kappa shape index (κ3) is 3.20. The van der Waals surface area contributed by atoms with Gasteiger partial charge in [-0.25, -0.2) is 4.68 Å². The lowest BCUT2D eigenvalue weighted by Crippen LogP contribution is -2.37. The second-order valence-electron chi connectivity index (χ2n) is 6.60. The van der Waals surface area contributed by atoms with Crippen LogP contribution in [-0.2, 0) is 24.2 Å². The van der Waals surface area contributed by atoms with E-state index in [9.17, 15) is 9.59 Å². The smallest absolute Gasteiger partial charge is 0.276 e. The maximum Gasteiger partial charge on any atom is 0.276 e. The second-order valence-corrected chi connectivity index (χ2v) is 6.60. The maximum absolute atomic E-state index is 12.8. The van der Waals surface area contributed by atoms with Crippen molar-refractivity contribution in [3.05, 3.63) is 87.8 Å². The van der Waals surface area contributed by atoms with Crippen LogP contribution in [0.25, 0.3) is 5.69 Å². The summed E-state index contributed by atoms with van der Waals surface area (Å²) in [6, 6.07) is 19.5. The van der Waals surface area contributed by atoms with Crippen LogP contribution < -0.4 is 5.56 Å². The fourth-order valence-electron chi connectivity index (χ4n) is 3.43. The van der Waals surface area contributed by atoms with E-state index in [4.69, 9.17) is 0 Å². The lowest BCUT2D eigenvalue weighted by Gasteiger charge is -2.26. The van der Waals surface area contributed by atoms with Gasteiger partial charge < -0.3 is 4.90 Å². The molecule has 1 aliphatic heterocycles. The molecule has 0 unspecified atom stereocenters. The Balaban J connectivity index is 1.48. The minimum Gasteiger partial charge on any atom is -0.338 e. The normalized spacial score (nSPS) is 13.5. The first-order valence-electron chi connectivity index (χ1n) is 8.92. The quantitative estimate of drug-likeness (QED) is 0.789. The number of hydrogen-bond donors (Lipinski definition) is 1. The highest BCUT2D eigenvalue weighted by Crippen LogP contribution is 2.17. The molecule has 0 atom stereocenters. The molecule has 2 heterocycles. The third-order valence-corrected chi connectivity index (χ3v) is 4.89. The topological polar surface area (TPSA) is 58.1 Å². The summed E-state index contributed by atoms with van der Waals surface area (Å²) in [5, 5.41) is 3.20. The Bertz CT molecular complexity index is 958. The molecule has 3 aromatic rings. The van der Waals surface area contributed by atoms with Crippen molar-refractivity contribution in [2.45, 2.75) is 25.8 Å². The number of rotatable bonds is 4. The second kappa shape index (κ2) is 7.04. The first kappa shape index (κ1) is 16.4. The van der Waals surface area contributed by atoms with Gasteiger partial charge in [0.15, 0.2) is 0 Å². The third-order valence-electron chi connectivity index (χ3n) is 4.89. The largest absolute Gasteiger partial charge is 0.338 e. The molecular formula is C21H21N3O2. The first-order valence-corrected chi connectivity index (χ1v) is 8.92. The zero-order valence-electron chi connectivity index (χ0n) is 14.5. The molecule has 1 amide bonds. The average molecular weight is 347 g/mol. The van der Waals surface area contributed by atoms with Crippen LogP contribution in [0.2, 0.25) is 0 Å². The van der Waals surface area contributed by atoms with Gasteiger partial charge in [0.05, 0.1) is 17.8 Å². The minimum absolute atomic E-state index is 0.0632. The number of aromatic amines is 1. The Morgan fingerprint density at radius 2 is 1.69 bits per heavy atom. The van der Waals surface area contributed by atoms with Crippen LogP contribution in [0.3, 0.4) is 0 Å². The molecule has 2 aromatic carbocycles. The van der Waals surface area contributed by atoms with Crippen molar-refractivity contribution in [3.8, 4) is 5.69 Å². The number of fused-ring (bicyclic) bond motifs is 1. The molecule has 26 heavy (non-hydrogen) atoms. The van der Waals surface area contributed by atoms with Gasteiger partial charge in [-0.15, -0.1) is 0 Å². The van der Waals surface area contributed by atoms with Gasteiger partial charge in [0.1, 0.15) is 0 Å². The van der Waals surface area contributed by atoms with Crippen LogP contribution in [0.15, 0.2) is 65.5 Å². The fourth-order valence-corrected chi connectivity index (χ4v) is 3.43. The highest BCUT2D eigenvalue weighted by Gasteiger charge is 2.25. The van der Waals surface area contributed by atoms with Gasteiger partial charge >= 0.3 is 0 Å². The molecule has 0 aliphatic carbocycles. The van der Waals surface area contributed by atoms with E-state index in [1.54, 1.807) is 9.58 Å². The number of aromatic nitrogens is 2. The van der Waals surface area contributed by atoms with Crippen molar-refractivity contribution in [3.63, 3.8) is 0 Å². The minimum atomic E-state index is -0.0632. The van der Waals surface area contributed by atoms with Crippen molar-refractivity contribution in [2.24, 2.45) is 0 Å². The van der Waals surface area contributed by atoms with E-state index in [-0.39, 0.29) is 11.5 Å². The van der Waals surface area contributed by atoms with Crippen LogP contribution in [-0.4, -0.2) is 27.1 Å². The van der Waals surface area contributed by atoms with Crippen LogP contribution in [0, 0.1) is 0 Å². The summed E-state index contributed by atoms with van der Waals surface area (Å²) in [5.41, 5.74) is 3.55. The number of para-hydroxylation sites is 1. The van der Waals surface area contributed by atoms with Gasteiger partial charge in [-0.1, -0.05) is 48.5 Å². The van der Waals surface area contributed by atoms with Gasteiger partial charge in [0, 0.05) is 25.1 Å². The van der Waals surface area contributed by atoms with Gasteiger partial charge in [-0.3, -0.25) is 14.7 Å². The van der Waals surface area contributed by atoms with Crippen LogP contribution in [0.4, 0.5) is 0 Å². The van der Waals surface area contributed by atoms with Crippen LogP contribution in [0.1, 0.15) is 23.2 Å². The van der Waals surface area contributed by atoms with E-state index < -0.39 is 0 Å². The molecular weight excluding hydrogens is 326 g/mol. The van der Waals surface area contributed by atoms with Crippen molar-refractivity contribution in [2.75, 3.05) is 6.54 Å². The number of nitrogens with one attached hydrogen (secondary N) is 1. The van der Waals surface area contributed by atoms with Crippen molar-refractivity contribution in [1.82, 2.24) is 14.7 Å². The molecule has 0 spiro atoms. The van der Waals surface area contributed by atoms with Crippen LogP contribution in [0.5, 0.6) is 0 Å². The fraction of sp³-hybridized carbons (Fsp3) is 0.238. The standard InChI is InChI=1S/C21H21N3O2/c25-20(12-11-16-7-3-1-4-8-16)23-14-13-19-18(15-23)21(26)24(22-19)17-9-5-2-6-10-17/h1-10,22H,11-15H2. The Hall–Kier alpha value is -3.08. The number of carbonyl (C=O) groups is 1. The van der Waals surface area contributed by atoms with E-state index in [0.717, 1.165) is 23.4 Å². The SMILES string of the molecule is O=C(CCc1ccccc1)N1CCc2[nH]n(-c3ccccc3)c(=O)c2C1. The molecule has 1 N–H and O–H groups in total. The average Bonchev–Trinajstić information content (AvgIpc) is 3.04. The molecule has 0 radical (unpaired) electrons. The molecule has 4 rings (SSSR count). The van der Waals surface area contributed by atoms with E-state index >= 15 is 0 Å². The Morgan fingerprint density at radius 1 is 1.00 bits per heavy atom. The molecule has 132 valence electrons. The van der Waals surface area contributed by atoms with E-state index in [2.05, 4.69) is 5.10 Å². The Labute approximate surface area is 151 Å². The van der Waals surface area contributed by atoms with Crippen LogP contribution >= 0.6 is 0 Å². The molecule has 0 fully saturated rings. The number of amides is 1. The molecule has 0 saturated heterocycles. The summed E-state index contributed by atoms with van der Waals surface area (Å²) in [4.78, 5) is 27.1. The molecule has 5 heteroatoms. The zero-order valence-corrected chi connectivity index (χ0v) is 14.5. The predicted molar refractivity (Wildman–Crippen MR) is 100 cm³/mol. The Morgan fingerprint density at radius 3 is 2.42 bits per heavy atom. The van der Waals surface area contributed by atoms with Gasteiger partial charge in [-0.2, -0.15) is 0 Å². The summed E-state index contributed by atoms with van der Waals surface area (Å²) in [6.07, 6.45) is 1.88. The number of benzene rings is 2. The number of H-pyrrole nitrogens is 1. The van der Waals surface area contributed by atoms with Crippen molar-refractivity contribution < 1.29 is 4.79 Å². The van der Waals surface area contributed by atoms with Crippen molar-refractivity contribution in [1.29, 1.82) is 0 Å². The Kier molecular flexibility index (Phi) is 4.44. The van der Waals surface area contributed by atoms with E-state index in [0.29, 0.717) is 31.5 Å². The summed E-state index contributed by atoms with van der Waals surface area (Å²) in [6.45, 7) is 1.04. The molecule has 5 nitrogen and oxygen atoms in total. The van der Waals surface area contributed by atoms with E-state index in [1.807, 2.05) is 60.7 Å². The van der Waals surface area contributed by atoms with Gasteiger partial charge in [-0.05, 0) is 24.1 Å².